The lowest BCUT2D eigenvalue weighted by molar-refractivity contribution is 1.06. The standard InChI is InChI=1S/C65H44N4Si/c1-4-21-47(22-5-1)70(48-23-6-2-7-24-48,49-25-8-3-9-26-49)50-41-39-45(40-42-50)57-43-46(44-64(66-57)69-61-36-18-12-29-53(61)54-30-13-19-37-62(54)69)67-58-33-15-14-31-55(58)56-32-20-38-63(65(56)67)68-59-34-16-10-27-51(59)52-28-11-17-35-60(52)68/h1-44H. The molecule has 70 heavy (non-hydrogen) atoms. The van der Waals surface area contributed by atoms with Gasteiger partial charge in [0.1, 0.15) is 5.82 Å². The lowest BCUT2D eigenvalue weighted by Gasteiger charge is -2.34. The van der Waals surface area contributed by atoms with Crippen molar-refractivity contribution in [2.75, 3.05) is 0 Å². The molecule has 0 amide bonds. The summed E-state index contributed by atoms with van der Waals surface area (Å²) in [6.45, 7) is 0. The van der Waals surface area contributed by atoms with Crippen molar-refractivity contribution in [3.05, 3.63) is 267 Å². The van der Waals surface area contributed by atoms with E-state index < -0.39 is 8.07 Å². The first-order valence-corrected chi connectivity index (χ1v) is 26.0. The largest absolute Gasteiger partial charge is 0.307 e. The molecule has 4 heterocycles. The third kappa shape index (κ3) is 5.98. The first-order valence-electron chi connectivity index (χ1n) is 24.0. The molecule has 4 nitrogen and oxygen atoms in total. The van der Waals surface area contributed by atoms with Crippen molar-refractivity contribution < 1.29 is 0 Å². The summed E-state index contributed by atoms with van der Waals surface area (Å²) in [7, 11) is -2.76. The Morgan fingerprint density at radius 2 is 0.657 bits per heavy atom. The molecule has 0 fully saturated rings. The van der Waals surface area contributed by atoms with Gasteiger partial charge in [0.05, 0.1) is 50.2 Å². The van der Waals surface area contributed by atoms with Gasteiger partial charge in [0, 0.05) is 43.9 Å². The van der Waals surface area contributed by atoms with Crippen LogP contribution in [0.2, 0.25) is 0 Å². The average molecular weight is 909 g/mol. The number of rotatable bonds is 8. The fraction of sp³-hybridized carbons (Fsp3) is 0. The van der Waals surface area contributed by atoms with Gasteiger partial charge in [-0.1, -0.05) is 218 Å². The number of nitrogens with zero attached hydrogens (tertiary/aromatic N) is 4. The van der Waals surface area contributed by atoms with Crippen LogP contribution in [0.15, 0.2) is 267 Å². The minimum absolute atomic E-state index is 0.857. The molecule has 0 N–H and O–H groups in total. The van der Waals surface area contributed by atoms with E-state index >= 15 is 0 Å². The van der Waals surface area contributed by atoms with Crippen LogP contribution in [0.4, 0.5) is 0 Å². The van der Waals surface area contributed by atoms with Gasteiger partial charge in [0.25, 0.3) is 0 Å². The van der Waals surface area contributed by atoms with Crippen molar-refractivity contribution in [1.82, 2.24) is 18.7 Å². The molecule has 14 rings (SSSR count). The summed E-state index contributed by atoms with van der Waals surface area (Å²) in [4.78, 5) is 5.69. The maximum Gasteiger partial charge on any atom is 0.179 e. The van der Waals surface area contributed by atoms with E-state index in [1.807, 2.05) is 0 Å². The molecule has 0 bridgehead atoms. The van der Waals surface area contributed by atoms with Crippen molar-refractivity contribution >= 4 is 94.2 Å². The Balaban J connectivity index is 1.06. The molecule has 0 unspecified atom stereocenters. The molecular weight excluding hydrogens is 865 g/mol. The van der Waals surface area contributed by atoms with Crippen LogP contribution in [0.1, 0.15) is 0 Å². The maximum absolute atomic E-state index is 5.69. The number of aromatic nitrogens is 4. The van der Waals surface area contributed by atoms with E-state index in [1.165, 1.54) is 64.1 Å². The molecule has 0 spiro atoms. The summed E-state index contributed by atoms with van der Waals surface area (Å²) in [6, 6.07) is 98.0. The third-order valence-electron chi connectivity index (χ3n) is 14.6. The van der Waals surface area contributed by atoms with Gasteiger partial charge in [-0.25, -0.2) is 4.98 Å². The molecule has 0 radical (unpaired) electrons. The summed E-state index contributed by atoms with van der Waals surface area (Å²) in [5.74, 6) is 0.857. The van der Waals surface area contributed by atoms with E-state index in [2.05, 4.69) is 281 Å². The van der Waals surface area contributed by atoms with Crippen LogP contribution in [0, 0.1) is 0 Å². The first-order chi connectivity index (χ1) is 34.8. The summed E-state index contributed by atoms with van der Waals surface area (Å²) < 4.78 is 7.30. The molecule has 0 atom stereocenters. The van der Waals surface area contributed by atoms with Gasteiger partial charge in [0.2, 0.25) is 0 Å². The summed E-state index contributed by atoms with van der Waals surface area (Å²) in [5.41, 5.74) is 11.0. The minimum Gasteiger partial charge on any atom is -0.307 e. The van der Waals surface area contributed by atoms with Crippen LogP contribution in [-0.2, 0) is 0 Å². The van der Waals surface area contributed by atoms with E-state index in [4.69, 9.17) is 4.98 Å². The lowest BCUT2D eigenvalue weighted by Crippen LogP contribution is -2.74. The van der Waals surface area contributed by atoms with E-state index in [0.29, 0.717) is 0 Å². The fourth-order valence-corrected chi connectivity index (χ4v) is 16.4. The van der Waals surface area contributed by atoms with Gasteiger partial charge >= 0.3 is 0 Å². The molecule has 4 aromatic heterocycles. The molecule has 14 aromatic rings. The summed E-state index contributed by atoms with van der Waals surface area (Å²) in [6.07, 6.45) is 0. The molecule has 5 heteroatoms. The predicted molar refractivity (Wildman–Crippen MR) is 296 cm³/mol. The van der Waals surface area contributed by atoms with E-state index in [-0.39, 0.29) is 0 Å². The van der Waals surface area contributed by atoms with Crippen molar-refractivity contribution in [3.63, 3.8) is 0 Å². The SMILES string of the molecule is c1ccc([Si](c2ccccc2)(c2ccccc2)c2ccc(-c3cc(-n4c5ccccc5c5cccc(-n6c7ccccc7c7ccccc76)c54)cc(-n4c5ccccc5c5ccccc54)n3)cc2)cc1. The van der Waals surface area contributed by atoms with E-state index in [9.17, 15) is 0 Å². The highest BCUT2D eigenvalue weighted by atomic mass is 28.3. The van der Waals surface area contributed by atoms with Crippen molar-refractivity contribution in [1.29, 1.82) is 0 Å². The monoisotopic (exact) mass is 908 g/mol. The van der Waals surface area contributed by atoms with Gasteiger partial charge in [0.15, 0.2) is 8.07 Å². The van der Waals surface area contributed by atoms with Crippen molar-refractivity contribution in [3.8, 4) is 28.5 Å². The highest BCUT2D eigenvalue weighted by molar-refractivity contribution is 7.19. The predicted octanol–water partition coefficient (Wildman–Crippen LogP) is 13.4. The number of hydrogen-bond acceptors (Lipinski definition) is 1. The topological polar surface area (TPSA) is 27.7 Å². The average Bonchev–Trinajstić information content (AvgIpc) is 4.08. The second kappa shape index (κ2) is 16.1. The lowest BCUT2D eigenvalue weighted by atomic mass is 10.1. The second-order valence-corrected chi connectivity index (χ2v) is 22.1. The quantitative estimate of drug-likeness (QED) is 0.110. The van der Waals surface area contributed by atoms with Gasteiger partial charge in [-0.15, -0.1) is 0 Å². The van der Waals surface area contributed by atoms with Crippen LogP contribution in [0.5, 0.6) is 0 Å². The van der Waals surface area contributed by atoms with E-state index in [0.717, 1.165) is 50.5 Å². The normalized spacial score (nSPS) is 12.0. The zero-order valence-electron chi connectivity index (χ0n) is 38.2. The highest BCUT2D eigenvalue weighted by Crippen LogP contribution is 2.41. The third-order valence-corrected chi connectivity index (χ3v) is 19.4. The number of pyridine rings is 1. The molecule has 0 aliphatic heterocycles. The fourth-order valence-electron chi connectivity index (χ4n) is 11.6. The Morgan fingerprint density at radius 1 is 0.286 bits per heavy atom. The number of benzene rings is 10. The number of hydrogen-bond donors (Lipinski definition) is 0. The molecular formula is C65H44N4Si. The molecule has 0 saturated heterocycles. The molecule has 0 saturated carbocycles. The zero-order chi connectivity index (χ0) is 46.2. The number of fused-ring (bicyclic) bond motifs is 9. The molecule has 328 valence electrons. The molecule has 0 aliphatic rings. The van der Waals surface area contributed by atoms with Gasteiger partial charge < -0.3 is 9.13 Å². The van der Waals surface area contributed by atoms with Gasteiger partial charge in [-0.05, 0) is 63.2 Å². The van der Waals surface area contributed by atoms with Crippen LogP contribution in [0.3, 0.4) is 0 Å². The summed E-state index contributed by atoms with van der Waals surface area (Å²) >= 11 is 0. The van der Waals surface area contributed by atoms with Gasteiger partial charge in [-0.2, -0.15) is 0 Å². The van der Waals surface area contributed by atoms with Crippen molar-refractivity contribution in [2.45, 2.75) is 0 Å². The molecule has 10 aromatic carbocycles. The van der Waals surface area contributed by atoms with E-state index in [1.54, 1.807) is 0 Å². The smallest absolute Gasteiger partial charge is 0.179 e. The Bertz CT molecular complexity index is 4080. The molecule has 0 aliphatic carbocycles. The first kappa shape index (κ1) is 40.1. The van der Waals surface area contributed by atoms with Crippen LogP contribution in [-0.4, -0.2) is 26.8 Å². The Kier molecular flexibility index (Phi) is 9.19. The van der Waals surface area contributed by atoms with Crippen molar-refractivity contribution in [2.24, 2.45) is 0 Å². The zero-order valence-corrected chi connectivity index (χ0v) is 39.2. The van der Waals surface area contributed by atoms with Crippen LogP contribution >= 0.6 is 0 Å². The maximum atomic E-state index is 5.69. The highest BCUT2D eigenvalue weighted by Gasteiger charge is 2.41. The van der Waals surface area contributed by atoms with Gasteiger partial charge in [-0.3, -0.25) is 4.57 Å². The van der Waals surface area contributed by atoms with Crippen LogP contribution in [0.25, 0.3) is 93.9 Å². The Labute approximate surface area is 406 Å². The number of para-hydroxylation sites is 6. The second-order valence-electron chi connectivity index (χ2n) is 18.3. The Hall–Kier alpha value is -9.03. The minimum atomic E-state index is -2.76. The Morgan fingerprint density at radius 3 is 1.13 bits per heavy atom. The summed E-state index contributed by atoms with van der Waals surface area (Å²) in [5, 5.41) is 12.6. The van der Waals surface area contributed by atoms with Crippen LogP contribution < -0.4 is 20.7 Å².